The summed E-state index contributed by atoms with van der Waals surface area (Å²) >= 11 is 0. The molecule has 26 heavy (non-hydrogen) atoms. The molecule has 0 spiro atoms. The fourth-order valence-electron chi connectivity index (χ4n) is 2.68. The molecule has 0 unspecified atom stereocenters. The molecule has 0 bridgehead atoms. The molecular weight excluding hydrogens is 340 g/mol. The molecule has 3 atom stereocenters. The van der Waals surface area contributed by atoms with Gasteiger partial charge >= 0.3 is 5.97 Å². The quantitative estimate of drug-likeness (QED) is 0.745. The number of halogens is 2. The molecular formula is C20H23F2NO3. The van der Waals surface area contributed by atoms with Crippen LogP contribution in [0.4, 0.5) is 8.78 Å². The molecule has 0 heterocycles. The summed E-state index contributed by atoms with van der Waals surface area (Å²) in [5.74, 6) is -1.35. The number of nitrogens with one attached hydrogen (secondary N) is 1. The van der Waals surface area contributed by atoms with E-state index in [4.69, 9.17) is 9.47 Å². The average molecular weight is 363 g/mol. The third-order valence-corrected chi connectivity index (χ3v) is 4.15. The second-order valence-corrected chi connectivity index (χ2v) is 6.10. The maximum absolute atomic E-state index is 13.8. The standard InChI is InChI=1S/C20H23F2NO3/c1-12(15-7-5-8-16(11-15)25-4)23-13(2)20(24)26-14(3)19-17(21)9-6-10-18(19)22/h5-14,23H,1-4H3/t12-,13-,14-/m0/s1. The number of esters is 1. The number of carbonyl (C=O) groups excluding carboxylic acids is 1. The summed E-state index contributed by atoms with van der Waals surface area (Å²) in [5.41, 5.74) is 0.686. The van der Waals surface area contributed by atoms with Crippen molar-refractivity contribution in [3.63, 3.8) is 0 Å². The topological polar surface area (TPSA) is 47.6 Å². The van der Waals surface area contributed by atoms with E-state index in [9.17, 15) is 13.6 Å². The third kappa shape index (κ3) is 4.79. The number of hydrogen-bond acceptors (Lipinski definition) is 4. The van der Waals surface area contributed by atoms with Crippen LogP contribution in [0.15, 0.2) is 42.5 Å². The lowest BCUT2D eigenvalue weighted by Crippen LogP contribution is -2.37. The summed E-state index contributed by atoms with van der Waals surface area (Å²) in [6, 6.07) is 10.2. The van der Waals surface area contributed by atoms with Crippen LogP contribution in [0.2, 0.25) is 0 Å². The summed E-state index contributed by atoms with van der Waals surface area (Å²) in [6.45, 7) is 4.99. The number of methoxy groups -OCH3 is 1. The maximum Gasteiger partial charge on any atom is 0.323 e. The van der Waals surface area contributed by atoms with Gasteiger partial charge in [0.2, 0.25) is 0 Å². The van der Waals surface area contributed by atoms with Crippen LogP contribution in [-0.2, 0) is 9.53 Å². The predicted molar refractivity (Wildman–Crippen MR) is 94.9 cm³/mol. The highest BCUT2D eigenvalue weighted by molar-refractivity contribution is 5.75. The molecule has 0 aliphatic heterocycles. The second kappa shape index (κ2) is 8.76. The number of rotatable bonds is 7. The van der Waals surface area contributed by atoms with Crippen molar-refractivity contribution in [2.45, 2.75) is 39.0 Å². The van der Waals surface area contributed by atoms with Crippen LogP contribution < -0.4 is 10.1 Å². The minimum Gasteiger partial charge on any atom is -0.497 e. The molecule has 1 N–H and O–H groups in total. The second-order valence-electron chi connectivity index (χ2n) is 6.10. The third-order valence-electron chi connectivity index (χ3n) is 4.15. The molecule has 6 heteroatoms. The molecule has 140 valence electrons. The number of hydrogen-bond donors (Lipinski definition) is 1. The molecule has 0 saturated heterocycles. The van der Waals surface area contributed by atoms with Crippen molar-refractivity contribution < 1.29 is 23.0 Å². The Labute approximate surface area is 152 Å². The lowest BCUT2D eigenvalue weighted by molar-refractivity contribution is -0.151. The minimum atomic E-state index is -1.03. The zero-order chi connectivity index (χ0) is 19.3. The fourth-order valence-corrected chi connectivity index (χ4v) is 2.68. The van der Waals surface area contributed by atoms with Crippen molar-refractivity contribution in [1.82, 2.24) is 5.32 Å². The molecule has 0 fully saturated rings. The molecule has 0 aliphatic rings. The SMILES string of the molecule is COc1cccc([C@H](C)N[C@@H](C)C(=O)O[C@@H](C)c2c(F)cccc2F)c1. The van der Waals surface area contributed by atoms with E-state index >= 15 is 0 Å². The molecule has 0 amide bonds. The van der Waals surface area contributed by atoms with Crippen LogP contribution in [0.25, 0.3) is 0 Å². The lowest BCUT2D eigenvalue weighted by Gasteiger charge is -2.22. The first-order chi connectivity index (χ1) is 12.3. The van der Waals surface area contributed by atoms with E-state index in [1.54, 1.807) is 14.0 Å². The predicted octanol–water partition coefficient (Wildman–Crippen LogP) is 4.32. The zero-order valence-electron chi connectivity index (χ0n) is 15.3. The van der Waals surface area contributed by atoms with Crippen molar-refractivity contribution in [1.29, 1.82) is 0 Å². The number of benzene rings is 2. The normalized spacial score (nSPS) is 14.4. The Kier molecular flexibility index (Phi) is 6.69. The van der Waals surface area contributed by atoms with Crippen molar-refractivity contribution in [2.75, 3.05) is 7.11 Å². The summed E-state index contributed by atoms with van der Waals surface area (Å²) < 4.78 is 38.0. The van der Waals surface area contributed by atoms with E-state index in [0.29, 0.717) is 0 Å². The van der Waals surface area contributed by atoms with Gasteiger partial charge in [0.05, 0.1) is 12.7 Å². The minimum absolute atomic E-state index is 0.145. The van der Waals surface area contributed by atoms with Crippen LogP contribution in [0.5, 0.6) is 5.75 Å². The van der Waals surface area contributed by atoms with Gasteiger partial charge < -0.3 is 9.47 Å². The van der Waals surface area contributed by atoms with Gasteiger partial charge in [-0.2, -0.15) is 0 Å². The first-order valence-corrected chi connectivity index (χ1v) is 8.38. The number of carbonyl (C=O) groups is 1. The Hall–Kier alpha value is -2.47. The van der Waals surface area contributed by atoms with E-state index in [2.05, 4.69) is 5.32 Å². The number of ether oxygens (including phenoxy) is 2. The van der Waals surface area contributed by atoms with Gasteiger partial charge in [0.25, 0.3) is 0 Å². The molecule has 2 rings (SSSR count). The van der Waals surface area contributed by atoms with E-state index in [1.165, 1.54) is 13.0 Å². The van der Waals surface area contributed by atoms with E-state index in [0.717, 1.165) is 23.4 Å². The van der Waals surface area contributed by atoms with E-state index < -0.39 is 29.7 Å². The first-order valence-electron chi connectivity index (χ1n) is 8.38. The Morgan fingerprint density at radius 2 is 1.65 bits per heavy atom. The van der Waals surface area contributed by atoms with Gasteiger partial charge in [0.1, 0.15) is 29.5 Å². The van der Waals surface area contributed by atoms with Gasteiger partial charge in [-0.25, -0.2) is 8.78 Å². The Bertz CT molecular complexity index is 746. The average Bonchev–Trinajstić information content (AvgIpc) is 2.61. The van der Waals surface area contributed by atoms with Gasteiger partial charge in [0, 0.05) is 6.04 Å². The summed E-state index contributed by atoms with van der Waals surface area (Å²) in [4.78, 5) is 12.3. The van der Waals surface area contributed by atoms with Gasteiger partial charge in [-0.1, -0.05) is 18.2 Å². The van der Waals surface area contributed by atoms with Crippen molar-refractivity contribution in [3.8, 4) is 5.75 Å². The van der Waals surface area contributed by atoms with Crippen LogP contribution >= 0.6 is 0 Å². The van der Waals surface area contributed by atoms with E-state index in [1.807, 2.05) is 31.2 Å². The maximum atomic E-state index is 13.8. The van der Waals surface area contributed by atoms with Crippen LogP contribution in [0, 0.1) is 11.6 Å². The van der Waals surface area contributed by atoms with Gasteiger partial charge in [-0.3, -0.25) is 10.1 Å². The van der Waals surface area contributed by atoms with Crippen LogP contribution in [0.1, 0.15) is 44.0 Å². The van der Waals surface area contributed by atoms with Crippen molar-refractivity contribution in [2.24, 2.45) is 0 Å². The molecule has 4 nitrogen and oxygen atoms in total. The molecule has 0 aromatic heterocycles. The molecule has 2 aromatic rings. The van der Waals surface area contributed by atoms with Gasteiger partial charge in [0.15, 0.2) is 0 Å². The highest BCUT2D eigenvalue weighted by atomic mass is 19.1. The Morgan fingerprint density at radius 1 is 1.04 bits per heavy atom. The Balaban J connectivity index is 2.00. The largest absolute Gasteiger partial charge is 0.497 e. The molecule has 0 saturated carbocycles. The van der Waals surface area contributed by atoms with Crippen LogP contribution in [-0.4, -0.2) is 19.1 Å². The summed E-state index contributed by atoms with van der Waals surface area (Å²) in [7, 11) is 1.58. The van der Waals surface area contributed by atoms with Crippen molar-refractivity contribution >= 4 is 5.97 Å². The van der Waals surface area contributed by atoms with Crippen molar-refractivity contribution in [3.05, 3.63) is 65.2 Å². The fraction of sp³-hybridized carbons (Fsp3) is 0.350. The Morgan fingerprint density at radius 3 is 2.27 bits per heavy atom. The molecule has 0 radical (unpaired) electrons. The highest BCUT2D eigenvalue weighted by Crippen LogP contribution is 2.24. The van der Waals surface area contributed by atoms with Gasteiger partial charge in [-0.15, -0.1) is 0 Å². The van der Waals surface area contributed by atoms with Crippen LogP contribution in [0.3, 0.4) is 0 Å². The highest BCUT2D eigenvalue weighted by Gasteiger charge is 2.24. The lowest BCUT2D eigenvalue weighted by atomic mass is 10.1. The smallest absolute Gasteiger partial charge is 0.323 e. The summed E-state index contributed by atoms with van der Waals surface area (Å²) in [5, 5.41) is 3.12. The monoisotopic (exact) mass is 363 g/mol. The molecule has 0 aliphatic carbocycles. The zero-order valence-corrected chi connectivity index (χ0v) is 15.3. The first kappa shape index (κ1) is 19.8. The van der Waals surface area contributed by atoms with Gasteiger partial charge in [-0.05, 0) is 50.6 Å². The molecule has 2 aromatic carbocycles. The van der Waals surface area contributed by atoms with E-state index in [-0.39, 0.29) is 11.6 Å². The summed E-state index contributed by atoms with van der Waals surface area (Å²) in [6.07, 6.45) is -1.03.